The van der Waals surface area contributed by atoms with Crippen molar-refractivity contribution < 1.29 is 9.59 Å². The molecular formula is C18H20N2O2. The number of nitrogens with one attached hydrogen (secondary N) is 1. The Morgan fingerprint density at radius 2 is 1.91 bits per heavy atom. The normalized spacial score (nSPS) is 10.3. The molecule has 22 heavy (non-hydrogen) atoms. The molecule has 3 N–H and O–H groups in total. The van der Waals surface area contributed by atoms with Gasteiger partial charge in [-0.2, -0.15) is 0 Å². The van der Waals surface area contributed by atoms with Gasteiger partial charge >= 0.3 is 0 Å². The minimum atomic E-state index is -0.0835. The second-order valence-corrected chi connectivity index (χ2v) is 5.38. The molecule has 1 amide bonds. The van der Waals surface area contributed by atoms with Gasteiger partial charge in [-0.1, -0.05) is 24.3 Å². The molecule has 0 saturated carbocycles. The van der Waals surface area contributed by atoms with E-state index in [0.29, 0.717) is 24.1 Å². The number of anilines is 2. The lowest BCUT2D eigenvalue weighted by molar-refractivity contribution is -0.116. The van der Waals surface area contributed by atoms with Crippen LogP contribution in [0.25, 0.3) is 0 Å². The number of nitrogens with two attached hydrogens (primary N) is 1. The van der Waals surface area contributed by atoms with Crippen LogP contribution in [0.5, 0.6) is 0 Å². The van der Waals surface area contributed by atoms with E-state index >= 15 is 0 Å². The Kier molecular flexibility index (Phi) is 4.94. The summed E-state index contributed by atoms with van der Waals surface area (Å²) in [7, 11) is 0. The fourth-order valence-corrected chi connectivity index (χ4v) is 2.14. The Balaban J connectivity index is 1.94. The fourth-order valence-electron chi connectivity index (χ4n) is 2.14. The van der Waals surface area contributed by atoms with E-state index in [4.69, 9.17) is 5.73 Å². The summed E-state index contributed by atoms with van der Waals surface area (Å²) < 4.78 is 0. The lowest BCUT2D eigenvalue weighted by atomic mass is 10.1. The Morgan fingerprint density at radius 1 is 1.14 bits per heavy atom. The summed E-state index contributed by atoms with van der Waals surface area (Å²) in [4.78, 5) is 23.3. The second kappa shape index (κ2) is 6.89. The molecule has 0 aliphatic heterocycles. The summed E-state index contributed by atoms with van der Waals surface area (Å²) in [5, 5.41) is 2.81. The van der Waals surface area contributed by atoms with Gasteiger partial charge in [0.15, 0.2) is 5.78 Å². The maximum Gasteiger partial charge on any atom is 0.224 e. The van der Waals surface area contributed by atoms with Crippen LogP contribution in [-0.2, 0) is 11.2 Å². The molecule has 0 fully saturated rings. The Bertz CT molecular complexity index is 708. The van der Waals surface area contributed by atoms with Crippen LogP contribution in [0, 0.1) is 6.92 Å². The number of carbonyl (C=O) groups excluding carboxylic acids is 2. The van der Waals surface area contributed by atoms with E-state index in [1.807, 2.05) is 25.1 Å². The maximum absolute atomic E-state index is 12.0. The summed E-state index contributed by atoms with van der Waals surface area (Å²) in [6.07, 6.45) is 0.996. The van der Waals surface area contributed by atoms with E-state index in [9.17, 15) is 9.59 Å². The van der Waals surface area contributed by atoms with E-state index in [-0.39, 0.29) is 11.7 Å². The number of amides is 1. The number of carbonyl (C=O) groups is 2. The number of hydrogen-bond donors (Lipinski definition) is 2. The van der Waals surface area contributed by atoms with E-state index in [2.05, 4.69) is 5.32 Å². The largest absolute Gasteiger partial charge is 0.399 e. The number of benzene rings is 2. The molecule has 4 nitrogen and oxygen atoms in total. The van der Waals surface area contributed by atoms with E-state index < -0.39 is 0 Å². The molecule has 2 aromatic carbocycles. The van der Waals surface area contributed by atoms with Crippen molar-refractivity contribution in [3.8, 4) is 0 Å². The summed E-state index contributed by atoms with van der Waals surface area (Å²) >= 11 is 0. The molecule has 0 spiro atoms. The average molecular weight is 296 g/mol. The lowest BCUT2D eigenvalue weighted by Crippen LogP contribution is -2.12. The monoisotopic (exact) mass is 296 g/mol. The summed E-state index contributed by atoms with van der Waals surface area (Å²) in [5.41, 5.74) is 9.91. The van der Waals surface area contributed by atoms with Crippen molar-refractivity contribution in [2.45, 2.75) is 26.7 Å². The van der Waals surface area contributed by atoms with Crippen LogP contribution >= 0.6 is 0 Å². The Hall–Kier alpha value is -2.62. The summed E-state index contributed by atoms with van der Waals surface area (Å²) in [6.45, 7) is 3.45. The number of Topliss-reactive ketones (excluding diaryl/α,β-unsaturated/α-hetero) is 1. The molecule has 0 aromatic heterocycles. The van der Waals surface area contributed by atoms with Gasteiger partial charge < -0.3 is 11.1 Å². The van der Waals surface area contributed by atoms with Crippen molar-refractivity contribution in [3.63, 3.8) is 0 Å². The van der Waals surface area contributed by atoms with Gasteiger partial charge in [0, 0.05) is 23.4 Å². The van der Waals surface area contributed by atoms with E-state index in [0.717, 1.165) is 16.8 Å². The van der Waals surface area contributed by atoms with Crippen molar-refractivity contribution in [2.75, 3.05) is 11.1 Å². The zero-order chi connectivity index (χ0) is 16.1. The van der Waals surface area contributed by atoms with E-state index in [1.165, 1.54) is 6.92 Å². The quantitative estimate of drug-likeness (QED) is 0.656. The summed E-state index contributed by atoms with van der Waals surface area (Å²) in [6, 6.07) is 12.8. The first-order chi connectivity index (χ1) is 10.5. The van der Waals surface area contributed by atoms with Gasteiger partial charge in [-0.05, 0) is 49.6 Å². The smallest absolute Gasteiger partial charge is 0.224 e. The van der Waals surface area contributed by atoms with Crippen LogP contribution in [0.1, 0.15) is 34.8 Å². The van der Waals surface area contributed by atoms with Crippen molar-refractivity contribution in [1.82, 2.24) is 0 Å². The first-order valence-corrected chi connectivity index (χ1v) is 7.21. The molecule has 2 aromatic rings. The predicted molar refractivity (Wildman–Crippen MR) is 89.0 cm³/mol. The first-order valence-electron chi connectivity index (χ1n) is 7.21. The number of nitrogen functional groups attached to an aromatic ring is 1. The van der Waals surface area contributed by atoms with Crippen molar-refractivity contribution in [1.29, 1.82) is 0 Å². The molecule has 0 unspecified atom stereocenters. The molecule has 114 valence electrons. The highest BCUT2D eigenvalue weighted by atomic mass is 16.1. The van der Waals surface area contributed by atoms with Crippen LogP contribution in [0.15, 0.2) is 42.5 Å². The minimum Gasteiger partial charge on any atom is -0.399 e. The molecule has 4 heteroatoms. The van der Waals surface area contributed by atoms with Crippen LogP contribution in [0.4, 0.5) is 11.4 Å². The zero-order valence-electron chi connectivity index (χ0n) is 12.8. The van der Waals surface area contributed by atoms with Crippen molar-refractivity contribution in [3.05, 3.63) is 59.2 Å². The van der Waals surface area contributed by atoms with Gasteiger partial charge in [0.2, 0.25) is 5.91 Å². The predicted octanol–water partition coefficient (Wildman–Crippen LogP) is 3.35. The maximum atomic E-state index is 12.0. The molecule has 0 bridgehead atoms. The first kappa shape index (κ1) is 15.8. The third-order valence-corrected chi connectivity index (χ3v) is 3.54. The fraction of sp³-hybridized carbons (Fsp3) is 0.222. The van der Waals surface area contributed by atoms with Gasteiger partial charge in [-0.15, -0.1) is 0 Å². The second-order valence-electron chi connectivity index (χ2n) is 5.38. The van der Waals surface area contributed by atoms with Gasteiger partial charge in [0.05, 0.1) is 0 Å². The molecule has 0 atom stereocenters. The van der Waals surface area contributed by atoms with Gasteiger partial charge in [-0.3, -0.25) is 9.59 Å². The molecule has 0 heterocycles. The molecule has 0 saturated heterocycles. The van der Waals surface area contributed by atoms with Crippen LogP contribution in [-0.4, -0.2) is 11.7 Å². The standard InChI is InChI=1S/C18H20N2O2/c1-12-6-7-14(10-17(12)19)8-9-18(22)20-16-5-3-4-15(11-16)13(2)21/h3-7,10-11H,8-9,19H2,1-2H3,(H,20,22). The highest BCUT2D eigenvalue weighted by Crippen LogP contribution is 2.15. The van der Waals surface area contributed by atoms with Crippen molar-refractivity contribution >= 4 is 23.1 Å². The molecule has 0 aliphatic rings. The van der Waals surface area contributed by atoms with Gasteiger partial charge in [0.25, 0.3) is 0 Å². The average Bonchev–Trinajstić information content (AvgIpc) is 2.49. The summed E-state index contributed by atoms with van der Waals surface area (Å²) in [5.74, 6) is -0.105. The van der Waals surface area contributed by atoms with E-state index in [1.54, 1.807) is 24.3 Å². The molecule has 0 aliphatic carbocycles. The SMILES string of the molecule is CC(=O)c1cccc(NC(=O)CCc2ccc(C)c(N)c2)c1. The topological polar surface area (TPSA) is 72.2 Å². The number of aryl methyl sites for hydroxylation is 2. The van der Waals surface area contributed by atoms with Crippen LogP contribution < -0.4 is 11.1 Å². The van der Waals surface area contributed by atoms with Crippen LogP contribution in [0.3, 0.4) is 0 Å². The molecule has 0 radical (unpaired) electrons. The Morgan fingerprint density at radius 3 is 2.59 bits per heavy atom. The number of ketones is 1. The van der Waals surface area contributed by atoms with Crippen molar-refractivity contribution in [2.24, 2.45) is 0 Å². The third kappa shape index (κ3) is 4.19. The third-order valence-electron chi connectivity index (χ3n) is 3.54. The van der Waals surface area contributed by atoms with Gasteiger partial charge in [0.1, 0.15) is 0 Å². The highest BCUT2D eigenvalue weighted by Gasteiger charge is 2.06. The minimum absolute atomic E-state index is 0.0220. The molecular weight excluding hydrogens is 276 g/mol. The Labute approximate surface area is 130 Å². The highest BCUT2D eigenvalue weighted by molar-refractivity contribution is 5.97. The number of rotatable bonds is 5. The van der Waals surface area contributed by atoms with Gasteiger partial charge in [-0.25, -0.2) is 0 Å². The lowest BCUT2D eigenvalue weighted by Gasteiger charge is -2.07. The van der Waals surface area contributed by atoms with Crippen LogP contribution in [0.2, 0.25) is 0 Å². The molecule has 2 rings (SSSR count). The number of hydrogen-bond acceptors (Lipinski definition) is 3. The zero-order valence-corrected chi connectivity index (χ0v) is 12.8.